The monoisotopic (exact) mass is 327 g/mol. The zero-order valence-electron chi connectivity index (χ0n) is 15.6. The van der Waals surface area contributed by atoms with Gasteiger partial charge in [0.1, 0.15) is 0 Å². The van der Waals surface area contributed by atoms with Gasteiger partial charge >= 0.3 is 0 Å². The van der Waals surface area contributed by atoms with Crippen molar-refractivity contribution in [2.45, 2.75) is 52.4 Å². The van der Waals surface area contributed by atoms with Crippen LogP contribution in [0, 0.1) is 5.92 Å². The van der Waals surface area contributed by atoms with Crippen molar-refractivity contribution in [2.75, 3.05) is 58.9 Å². The molecule has 2 aliphatic heterocycles. The van der Waals surface area contributed by atoms with Crippen LogP contribution in [0.2, 0.25) is 0 Å². The lowest BCUT2D eigenvalue weighted by Crippen LogP contribution is -2.52. The second-order valence-electron chi connectivity index (χ2n) is 7.95. The quantitative estimate of drug-likeness (QED) is 0.759. The Balaban J connectivity index is 1.63. The maximum Gasteiger partial charge on any atom is 0.0793 e. The van der Waals surface area contributed by atoms with Crippen molar-refractivity contribution in [3.05, 3.63) is 0 Å². The van der Waals surface area contributed by atoms with Crippen molar-refractivity contribution in [1.82, 2.24) is 14.7 Å². The molecular weight excluding hydrogens is 290 g/mol. The van der Waals surface area contributed by atoms with E-state index in [1.165, 1.54) is 13.0 Å². The molecule has 23 heavy (non-hydrogen) atoms. The number of ether oxygens (including phenoxy) is 1. The predicted octanol–water partition coefficient (Wildman–Crippen LogP) is 1.12. The summed E-state index contributed by atoms with van der Waals surface area (Å²) in [7, 11) is 0. The number of β-amino-alcohol motifs (C(OH)–C–C–N with tert-alkyl or cyclic N) is 1. The van der Waals surface area contributed by atoms with Gasteiger partial charge in [-0.25, -0.2) is 0 Å². The minimum Gasteiger partial charge on any atom is -0.390 e. The summed E-state index contributed by atoms with van der Waals surface area (Å²) in [5, 5.41) is 10.4. The average molecular weight is 328 g/mol. The van der Waals surface area contributed by atoms with E-state index in [0.717, 1.165) is 58.3 Å². The third kappa shape index (κ3) is 7.06. The number of rotatable bonds is 7. The molecule has 1 N–H and O–H groups in total. The Morgan fingerprint density at radius 1 is 0.913 bits per heavy atom. The van der Waals surface area contributed by atoms with Crippen LogP contribution in [-0.2, 0) is 4.74 Å². The average Bonchev–Trinajstić information content (AvgIpc) is 2.45. The van der Waals surface area contributed by atoms with Crippen LogP contribution in [0.25, 0.3) is 0 Å². The van der Waals surface area contributed by atoms with Gasteiger partial charge in [0.15, 0.2) is 0 Å². The fourth-order valence-electron chi connectivity index (χ4n) is 3.72. The van der Waals surface area contributed by atoms with E-state index in [4.69, 9.17) is 4.74 Å². The molecule has 2 saturated heterocycles. The number of hydrogen-bond acceptors (Lipinski definition) is 5. The first-order valence-corrected chi connectivity index (χ1v) is 9.43. The number of piperazine rings is 1. The first kappa shape index (κ1) is 19.1. The molecule has 0 bridgehead atoms. The van der Waals surface area contributed by atoms with Crippen molar-refractivity contribution >= 4 is 0 Å². The van der Waals surface area contributed by atoms with Crippen LogP contribution in [0.4, 0.5) is 0 Å². The van der Waals surface area contributed by atoms with Crippen molar-refractivity contribution < 1.29 is 9.84 Å². The van der Waals surface area contributed by atoms with Gasteiger partial charge in [0.25, 0.3) is 0 Å². The zero-order chi connectivity index (χ0) is 16.8. The normalized spacial score (nSPS) is 30.0. The van der Waals surface area contributed by atoms with E-state index < -0.39 is 0 Å². The molecule has 0 aromatic carbocycles. The molecule has 0 radical (unpaired) electrons. The summed E-state index contributed by atoms with van der Waals surface area (Å²) >= 11 is 0. The Labute approximate surface area is 142 Å². The lowest BCUT2D eigenvalue weighted by atomic mass is 10.1. The fraction of sp³-hybridized carbons (Fsp3) is 1.00. The van der Waals surface area contributed by atoms with E-state index in [1.54, 1.807) is 0 Å². The van der Waals surface area contributed by atoms with Crippen LogP contribution in [0.15, 0.2) is 0 Å². The van der Waals surface area contributed by atoms with Crippen LogP contribution in [0.5, 0.6) is 0 Å². The van der Waals surface area contributed by atoms with Gasteiger partial charge in [0.05, 0.1) is 18.3 Å². The van der Waals surface area contributed by atoms with Crippen molar-refractivity contribution in [3.8, 4) is 0 Å². The van der Waals surface area contributed by atoms with Gasteiger partial charge in [-0.3, -0.25) is 9.80 Å². The topological polar surface area (TPSA) is 39.2 Å². The highest BCUT2D eigenvalue weighted by Gasteiger charge is 2.25. The van der Waals surface area contributed by atoms with Crippen LogP contribution >= 0.6 is 0 Å². The Hall–Kier alpha value is -0.200. The van der Waals surface area contributed by atoms with Gasteiger partial charge in [-0.15, -0.1) is 0 Å². The molecule has 0 amide bonds. The molecule has 2 aliphatic rings. The second kappa shape index (κ2) is 9.33. The Kier molecular flexibility index (Phi) is 7.76. The lowest BCUT2D eigenvalue weighted by molar-refractivity contribution is -0.0785. The molecule has 3 unspecified atom stereocenters. The minimum absolute atomic E-state index is 0.255. The molecule has 0 aromatic rings. The van der Waals surface area contributed by atoms with Crippen LogP contribution < -0.4 is 0 Å². The van der Waals surface area contributed by atoms with Crippen LogP contribution in [0.3, 0.4) is 0 Å². The van der Waals surface area contributed by atoms with E-state index >= 15 is 0 Å². The van der Waals surface area contributed by atoms with Crippen molar-refractivity contribution in [3.63, 3.8) is 0 Å². The largest absolute Gasteiger partial charge is 0.390 e. The zero-order valence-corrected chi connectivity index (χ0v) is 15.6. The maximum atomic E-state index is 10.4. The summed E-state index contributed by atoms with van der Waals surface area (Å²) < 4.78 is 5.76. The summed E-state index contributed by atoms with van der Waals surface area (Å²) in [5.41, 5.74) is 0. The molecule has 0 spiro atoms. The SMILES string of the molecule is CC(C)CCN1CCN(CC(O)CN2CC(C)OC(C)C2)CC1. The number of nitrogens with zero attached hydrogens (tertiary/aromatic N) is 3. The van der Waals surface area contributed by atoms with E-state index in [2.05, 4.69) is 42.4 Å². The van der Waals surface area contributed by atoms with Gasteiger partial charge in [-0.1, -0.05) is 13.8 Å². The van der Waals surface area contributed by atoms with Gasteiger partial charge in [-0.2, -0.15) is 0 Å². The number of aliphatic hydroxyl groups excluding tert-OH is 1. The van der Waals surface area contributed by atoms with Crippen LogP contribution in [-0.4, -0.2) is 97.0 Å². The molecule has 2 rings (SSSR count). The third-order valence-electron chi connectivity index (χ3n) is 4.92. The summed E-state index contributed by atoms with van der Waals surface area (Å²) in [6.45, 7) is 17.9. The number of morpholine rings is 1. The first-order chi connectivity index (χ1) is 10.9. The highest BCUT2D eigenvalue weighted by Crippen LogP contribution is 2.12. The maximum absolute atomic E-state index is 10.4. The third-order valence-corrected chi connectivity index (χ3v) is 4.92. The van der Waals surface area contributed by atoms with Gasteiger partial charge in [0, 0.05) is 52.4 Å². The number of hydrogen-bond donors (Lipinski definition) is 1. The highest BCUT2D eigenvalue weighted by atomic mass is 16.5. The molecule has 5 nitrogen and oxygen atoms in total. The lowest BCUT2D eigenvalue weighted by Gasteiger charge is -2.38. The molecule has 2 fully saturated rings. The minimum atomic E-state index is -0.255. The predicted molar refractivity (Wildman–Crippen MR) is 94.8 cm³/mol. The molecule has 0 saturated carbocycles. The summed E-state index contributed by atoms with van der Waals surface area (Å²) in [6.07, 6.45) is 1.58. The standard InChI is InChI=1S/C18H37N3O2/c1-15(2)5-6-19-7-9-20(10-8-19)13-18(22)14-21-11-16(3)23-17(4)12-21/h15-18,22H,5-14H2,1-4H3. The highest BCUT2D eigenvalue weighted by molar-refractivity contribution is 4.79. The Morgan fingerprint density at radius 3 is 2.00 bits per heavy atom. The summed E-state index contributed by atoms with van der Waals surface area (Å²) in [5.74, 6) is 0.785. The van der Waals surface area contributed by atoms with E-state index in [0.29, 0.717) is 0 Å². The molecule has 3 atom stereocenters. The fourth-order valence-corrected chi connectivity index (χ4v) is 3.72. The first-order valence-electron chi connectivity index (χ1n) is 9.43. The van der Waals surface area contributed by atoms with Gasteiger partial charge < -0.3 is 14.7 Å². The molecular formula is C18H37N3O2. The molecule has 136 valence electrons. The van der Waals surface area contributed by atoms with Gasteiger partial charge in [-0.05, 0) is 32.7 Å². The van der Waals surface area contributed by atoms with E-state index in [-0.39, 0.29) is 18.3 Å². The van der Waals surface area contributed by atoms with Crippen molar-refractivity contribution in [2.24, 2.45) is 5.92 Å². The number of aliphatic hydroxyl groups is 1. The molecule has 2 heterocycles. The molecule has 0 aromatic heterocycles. The Morgan fingerprint density at radius 2 is 1.43 bits per heavy atom. The van der Waals surface area contributed by atoms with Crippen LogP contribution in [0.1, 0.15) is 34.1 Å². The smallest absolute Gasteiger partial charge is 0.0793 e. The molecule has 5 heteroatoms. The summed E-state index contributed by atoms with van der Waals surface area (Å²) in [6, 6.07) is 0. The molecule has 0 aliphatic carbocycles. The van der Waals surface area contributed by atoms with E-state index in [1.807, 2.05) is 0 Å². The Bertz CT molecular complexity index is 322. The van der Waals surface area contributed by atoms with Gasteiger partial charge in [0.2, 0.25) is 0 Å². The second-order valence-corrected chi connectivity index (χ2v) is 7.95. The van der Waals surface area contributed by atoms with Crippen molar-refractivity contribution in [1.29, 1.82) is 0 Å². The summed E-state index contributed by atoms with van der Waals surface area (Å²) in [4.78, 5) is 7.33. The van der Waals surface area contributed by atoms with E-state index in [9.17, 15) is 5.11 Å².